The minimum absolute atomic E-state index is 0.0502. The van der Waals surface area contributed by atoms with Crippen molar-refractivity contribution in [1.82, 2.24) is 10.3 Å². The van der Waals surface area contributed by atoms with Gasteiger partial charge in [0, 0.05) is 44.5 Å². The molecule has 4 rings (SSSR count). The third kappa shape index (κ3) is 3.62. The molecule has 0 aliphatic heterocycles. The van der Waals surface area contributed by atoms with Gasteiger partial charge in [-0.1, -0.05) is 42.5 Å². The summed E-state index contributed by atoms with van der Waals surface area (Å²) in [5.41, 5.74) is 5.10. The Balaban J connectivity index is 1.79. The molecule has 1 atom stereocenters. The van der Waals surface area contributed by atoms with E-state index in [4.69, 9.17) is 0 Å². The fourth-order valence-corrected chi connectivity index (χ4v) is 3.92. The van der Waals surface area contributed by atoms with Crippen molar-refractivity contribution in [2.45, 2.75) is 6.04 Å². The lowest BCUT2D eigenvalue weighted by Crippen LogP contribution is -2.18. The summed E-state index contributed by atoms with van der Waals surface area (Å²) in [7, 11) is 1.64. The molecule has 0 bridgehead atoms. The summed E-state index contributed by atoms with van der Waals surface area (Å²) >= 11 is 2.34. The lowest BCUT2D eigenvalue weighted by Gasteiger charge is -2.21. The van der Waals surface area contributed by atoms with E-state index in [2.05, 4.69) is 74.7 Å². The van der Waals surface area contributed by atoms with E-state index < -0.39 is 0 Å². The number of carbonyl (C=O) groups excluding carboxylic acids is 1. The molecule has 0 aliphatic carbocycles. The Hall–Kier alpha value is -2.80. The molecule has 0 saturated heterocycles. The Morgan fingerprint density at radius 3 is 2.43 bits per heavy atom. The van der Waals surface area contributed by atoms with E-state index in [1.165, 1.54) is 10.9 Å². The number of fused-ring (bicyclic) bond motifs is 1. The quantitative estimate of drug-likeness (QED) is 0.338. The molecule has 0 radical (unpaired) electrons. The molecule has 1 amide bonds. The summed E-state index contributed by atoms with van der Waals surface area (Å²) in [6, 6.07) is 24.2. The lowest BCUT2D eigenvalue weighted by molar-refractivity contribution is 0.0963. The van der Waals surface area contributed by atoms with Gasteiger partial charge in [-0.05, 0) is 58.5 Å². The fourth-order valence-electron chi connectivity index (χ4n) is 3.38. The number of nitrogens with one attached hydrogen (secondary N) is 3. The molecule has 0 fully saturated rings. The van der Waals surface area contributed by atoms with Gasteiger partial charge in [0.25, 0.3) is 5.91 Å². The first-order valence-electron chi connectivity index (χ1n) is 9.06. The maximum Gasteiger partial charge on any atom is 0.251 e. The highest BCUT2D eigenvalue weighted by molar-refractivity contribution is 14.1. The van der Waals surface area contributed by atoms with Crippen molar-refractivity contribution in [1.29, 1.82) is 0 Å². The Morgan fingerprint density at radius 1 is 0.964 bits per heavy atom. The normalized spacial score (nSPS) is 11.9. The minimum Gasteiger partial charge on any atom is -0.373 e. The van der Waals surface area contributed by atoms with Crippen LogP contribution < -0.4 is 10.6 Å². The second-order valence-corrected chi connectivity index (χ2v) is 7.71. The van der Waals surface area contributed by atoms with Crippen LogP contribution in [-0.4, -0.2) is 17.9 Å². The molecule has 3 N–H and O–H groups in total. The van der Waals surface area contributed by atoms with Crippen LogP contribution in [0.5, 0.6) is 0 Å². The second-order valence-electron chi connectivity index (χ2n) is 6.55. The Bertz CT molecular complexity index is 1120. The zero-order valence-corrected chi connectivity index (χ0v) is 17.5. The lowest BCUT2D eigenvalue weighted by atomic mass is 9.96. The molecule has 140 valence electrons. The predicted octanol–water partition coefficient (Wildman–Crippen LogP) is 5.33. The summed E-state index contributed by atoms with van der Waals surface area (Å²) in [5.74, 6) is -0.0826. The molecule has 1 unspecified atom stereocenters. The van der Waals surface area contributed by atoms with Gasteiger partial charge in [-0.15, -0.1) is 0 Å². The molecule has 0 spiro atoms. The topological polar surface area (TPSA) is 56.9 Å². The van der Waals surface area contributed by atoms with Crippen molar-refractivity contribution in [3.63, 3.8) is 0 Å². The van der Waals surface area contributed by atoms with E-state index >= 15 is 0 Å². The molecular weight excluding hydrogens is 461 g/mol. The Kier molecular flexibility index (Phi) is 5.34. The number of anilines is 1. The molecule has 1 aromatic heterocycles. The SMILES string of the molecule is CNC(=O)c1ccc(C(Nc2ccccc2I)c2c[nH]c3ccccc23)cc1. The zero-order chi connectivity index (χ0) is 19.5. The number of amides is 1. The first kappa shape index (κ1) is 18.6. The third-order valence-corrected chi connectivity index (χ3v) is 5.78. The van der Waals surface area contributed by atoms with Gasteiger partial charge in [0.05, 0.1) is 6.04 Å². The average molecular weight is 481 g/mol. The van der Waals surface area contributed by atoms with E-state index in [1.54, 1.807) is 7.05 Å². The summed E-state index contributed by atoms with van der Waals surface area (Å²) in [6.45, 7) is 0. The Labute approximate surface area is 177 Å². The van der Waals surface area contributed by atoms with Crippen molar-refractivity contribution in [2.75, 3.05) is 12.4 Å². The van der Waals surface area contributed by atoms with Crippen molar-refractivity contribution >= 4 is 45.1 Å². The molecule has 0 saturated carbocycles. The summed E-state index contributed by atoms with van der Waals surface area (Å²) in [5, 5.41) is 7.54. The van der Waals surface area contributed by atoms with Crippen LogP contribution >= 0.6 is 22.6 Å². The number of rotatable bonds is 5. The first-order valence-corrected chi connectivity index (χ1v) is 10.1. The molecule has 4 nitrogen and oxygen atoms in total. The standard InChI is InChI=1S/C23H20IN3O/c1-25-23(28)16-12-10-15(11-13-16)22(27-21-9-5-3-7-19(21)24)18-14-26-20-8-4-2-6-17(18)20/h2-14,22,26-27H,1H3,(H,25,28). The highest BCUT2D eigenvalue weighted by atomic mass is 127. The summed E-state index contributed by atoms with van der Waals surface area (Å²) < 4.78 is 1.16. The highest BCUT2D eigenvalue weighted by Crippen LogP contribution is 2.33. The van der Waals surface area contributed by atoms with Gasteiger partial charge in [-0.2, -0.15) is 0 Å². The second kappa shape index (κ2) is 8.06. The molecule has 5 heteroatoms. The van der Waals surface area contributed by atoms with Gasteiger partial charge in [-0.3, -0.25) is 4.79 Å². The van der Waals surface area contributed by atoms with Gasteiger partial charge in [0.2, 0.25) is 0 Å². The van der Waals surface area contributed by atoms with Crippen molar-refractivity contribution in [2.24, 2.45) is 0 Å². The maximum absolute atomic E-state index is 11.9. The molecular formula is C23H20IN3O. The minimum atomic E-state index is -0.0826. The van der Waals surface area contributed by atoms with Crippen LogP contribution in [0.3, 0.4) is 0 Å². The zero-order valence-electron chi connectivity index (χ0n) is 15.4. The number of benzene rings is 3. The molecule has 1 heterocycles. The van der Waals surface area contributed by atoms with Crippen LogP contribution in [0, 0.1) is 3.57 Å². The van der Waals surface area contributed by atoms with Crippen molar-refractivity contribution in [3.8, 4) is 0 Å². The number of hydrogen-bond donors (Lipinski definition) is 3. The first-order chi connectivity index (χ1) is 13.7. The van der Waals surface area contributed by atoms with Crippen LogP contribution in [0.1, 0.15) is 27.5 Å². The number of carbonyl (C=O) groups is 1. The van der Waals surface area contributed by atoms with Gasteiger partial charge in [-0.25, -0.2) is 0 Å². The van der Waals surface area contributed by atoms with Crippen molar-refractivity contribution in [3.05, 3.63) is 99.3 Å². The van der Waals surface area contributed by atoms with Gasteiger partial charge < -0.3 is 15.6 Å². The largest absolute Gasteiger partial charge is 0.373 e. The number of halogens is 1. The van der Waals surface area contributed by atoms with Crippen LogP contribution in [-0.2, 0) is 0 Å². The van der Waals surface area contributed by atoms with Gasteiger partial charge in [0.1, 0.15) is 0 Å². The van der Waals surface area contributed by atoms with Crippen LogP contribution in [0.15, 0.2) is 79.0 Å². The number of H-pyrrole nitrogens is 1. The number of para-hydroxylation sites is 2. The maximum atomic E-state index is 11.9. The molecule has 28 heavy (non-hydrogen) atoms. The van der Waals surface area contributed by atoms with E-state index in [0.29, 0.717) is 5.56 Å². The van der Waals surface area contributed by atoms with Gasteiger partial charge in [0.15, 0.2) is 0 Å². The smallest absolute Gasteiger partial charge is 0.251 e. The number of aromatic amines is 1. The predicted molar refractivity (Wildman–Crippen MR) is 123 cm³/mol. The number of aromatic nitrogens is 1. The monoisotopic (exact) mass is 481 g/mol. The highest BCUT2D eigenvalue weighted by Gasteiger charge is 2.19. The average Bonchev–Trinajstić information content (AvgIpc) is 3.17. The number of hydrogen-bond acceptors (Lipinski definition) is 2. The van der Waals surface area contributed by atoms with E-state index in [-0.39, 0.29) is 11.9 Å². The Morgan fingerprint density at radius 2 is 1.68 bits per heavy atom. The van der Waals surface area contributed by atoms with E-state index in [9.17, 15) is 4.79 Å². The van der Waals surface area contributed by atoms with Crippen molar-refractivity contribution < 1.29 is 4.79 Å². The van der Waals surface area contributed by atoms with Crippen LogP contribution in [0.2, 0.25) is 0 Å². The molecule has 3 aromatic carbocycles. The van der Waals surface area contributed by atoms with Crippen LogP contribution in [0.4, 0.5) is 5.69 Å². The third-order valence-electron chi connectivity index (χ3n) is 4.84. The summed E-state index contributed by atoms with van der Waals surface area (Å²) in [4.78, 5) is 15.3. The van der Waals surface area contributed by atoms with Crippen LogP contribution in [0.25, 0.3) is 10.9 Å². The molecule has 0 aliphatic rings. The summed E-state index contributed by atoms with van der Waals surface area (Å²) in [6.07, 6.45) is 2.06. The molecule has 4 aromatic rings. The fraction of sp³-hybridized carbons (Fsp3) is 0.0870. The van der Waals surface area contributed by atoms with Gasteiger partial charge >= 0.3 is 0 Å². The van der Waals surface area contributed by atoms with E-state index in [1.807, 2.05) is 42.5 Å². The van der Waals surface area contributed by atoms with E-state index in [0.717, 1.165) is 20.3 Å².